The number of carbonyl (C=O) groups is 1. The predicted molar refractivity (Wildman–Crippen MR) is 160 cm³/mol. The number of H-pyrrole nitrogens is 1. The molecule has 2 aromatic carbocycles. The Balaban J connectivity index is 1.21. The van der Waals surface area contributed by atoms with Gasteiger partial charge in [-0.3, -0.25) is 19.3 Å². The predicted octanol–water partition coefficient (Wildman–Crippen LogP) is 3.54. The van der Waals surface area contributed by atoms with Crippen molar-refractivity contribution in [1.29, 1.82) is 0 Å². The summed E-state index contributed by atoms with van der Waals surface area (Å²) in [6.07, 6.45) is 0.749. The lowest BCUT2D eigenvalue weighted by Crippen LogP contribution is -2.30. The first-order valence-corrected chi connectivity index (χ1v) is 14.2. The number of halogens is 1. The molecule has 5 aromatic rings. The maximum absolute atomic E-state index is 13.1. The number of carbonyl (C=O) groups excluding carboxylic acids is 1. The van der Waals surface area contributed by atoms with E-state index in [1.807, 2.05) is 18.0 Å². The molecule has 41 heavy (non-hydrogen) atoms. The molecule has 5 rings (SSSR count). The monoisotopic (exact) mass is 593 g/mol. The third kappa shape index (κ3) is 6.71. The number of likely N-dealkylation sites (N-methyl/N-ethyl adjacent to an activating group) is 1. The molecule has 3 aromatic heterocycles. The van der Waals surface area contributed by atoms with Crippen molar-refractivity contribution in [3.8, 4) is 0 Å². The normalized spacial score (nSPS) is 12.3. The van der Waals surface area contributed by atoms with Crippen LogP contribution in [0.15, 0.2) is 80.0 Å². The zero-order chi connectivity index (χ0) is 29.1. The molecule has 3 N–H and O–H groups in total. The van der Waals surface area contributed by atoms with Gasteiger partial charge in [0, 0.05) is 37.1 Å². The van der Waals surface area contributed by atoms with Gasteiger partial charge in [-0.1, -0.05) is 47.6 Å². The van der Waals surface area contributed by atoms with Crippen LogP contribution in [0.3, 0.4) is 0 Å². The summed E-state index contributed by atoms with van der Waals surface area (Å²) in [5.74, 6) is 0.361. The topological polar surface area (TPSA) is 133 Å². The van der Waals surface area contributed by atoms with Gasteiger partial charge in [-0.2, -0.15) is 0 Å². The Morgan fingerprint density at radius 3 is 2.73 bits per heavy atom. The number of pyridine rings is 1. The number of hydrogen-bond donors (Lipinski definition) is 3. The summed E-state index contributed by atoms with van der Waals surface area (Å²) >= 11 is 7.18. The van der Waals surface area contributed by atoms with Crippen LogP contribution < -0.4 is 16.3 Å². The van der Waals surface area contributed by atoms with Gasteiger partial charge in [-0.15, -0.1) is 0 Å². The van der Waals surface area contributed by atoms with E-state index in [9.17, 15) is 19.5 Å². The second-order valence-corrected chi connectivity index (χ2v) is 11.2. The average molecular weight is 594 g/mol. The summed E-state index contributed by atoms with van der Waals surface area (Å²) in [6, 6.07) is 15.8. The van der Waals surface area contributed by atoms with Gasteiger partial charge in [0.05, 0.1) is 28.9 Å². The molecular weight excluding hydrogens is 566 g/mol. The molecule has 12 heteroatoms. The number of aromatic amines is 1. The Kier molecular flexibility index (Phi) is 8.60. The first kappa shape index (κ1) is 28.6. The smallest absolute Gasteiger partial charge is 0.259 e. The number of fused-ring (bicyclic) bond motifs is 2. The Morgan fingerprint density at radius 1 is 1.20 bits per heavy atom. The SMILES string of the molecule is CN(Cc1cc2c(=O)c(C(=O)NCc3ccc(Cl)cc3)cn(C)c2o1)CC(O)CSc1nc2ccccc2c(=O)[nH]1. The maximum atomic E-state index is 13.1. The number of hydrogen-bond acceptors (Lipinski definition) is 8. The number of nitrogens with one attached hydrogen (secondary N) is 2. The van der Waals surface area contributed by atoms with Gasteiger partial charge < -0.3 is 24.4 Å². The standard InChI is InChI=1S/C29H28ClN5O5S/c1-34(13-19(36)16-41-29-32-24-6-4-3-5-21(24)27(39)33-29)14-20-11-22-25(37)23(15-35(2)28(22)40-20)26(38)31-12-17-7-9-18(30)10-8-17/h3-11,15,19,36H,12-14,16H2,1-2H3,(H,31,38)(H,32,33,39). The van der Waals surface area contributed by atoms with Crippen molar-refractivity contribution < 1.29 is 14.3 Å². The number of aliphatic hydroxyl groups is 1. The van der Waals surface area contributed by atoms with Crippen molar-refractivity contribution >= 4 is 51.3 Å². The quantitative estimate of drug-likeness (QED) is 0.165. The molecule has 0 aliphatic heterocycles. The molecule has 0 aliphatic rings. The molecule has 0 bridgehead atoms. The molecule has 0 aliphatic carbocycles. The van der Waals surface area contributed by atoms with Gasteiger partial charge in [-0.25, -0.2) is 4.98 Å². The van der Waals surface area contributed by atoms with E-state index in [1.165, 1.54) is 18.0 Å². The van der Waals surface area contributed by atoms with Crippen LogP contribution in [-0.4, -0.2) is 55.9 Å². The van der Waals surface area contributed by atoms with Crippen molar-refractivity contribution in [2.75, 3.05) is 19.3 Å². The van der Waals surface area contributed by atoms with Gasteiger partial charge in [0.15, 0.2) is 5.16 Å². The van der Waals surface area contributed by atoms with E-state index < -0.39 is 17.4 Å². The lowest BCUT2D eigenvalue weighted by molar-refractivity contribution is 0.0949. The van der Waals surface area contributed by atoms with Gasteiger partial charge >= 0.3 is 0 Å². The van der Waals surface area contributed by atoms with E-state index in [-0.39, 0.29) is 17.7 Å². The molecule has 3 heterocycles. The molecule has 0 saturated heterocycles. The van der Waals surface area contributed by atoms with Gasteiger partial charge in [-0.05, 0) is 42.9 Å². The molecule has 0 fully saturated rings. The average Bonchev–Trinajstić information content (AvgIpc) is 3.38. The highest BCUT2D eigenvalue weighted by Gasteiger charge is 2.19. The highest BCUT2D eigenvalue weighted by molar-refractivity contribution is 7.99. The second kappa shape index (κ2) is 12.3. The number of thioether (sulfide) groups is 1. The van der Waals surface area contributed by atoms with Crippen molar-refractivity contribution in [2.45, 2.75) is 24.3 Å². The van der Waals surface area contributed by atoms with Crippen molar-refractivity contribution in [3.63, 3.8) is 0 Å². The Bertz CT molecular complexity index is 1830. The van der Waals surface area contributed by atoms with Crippen LogP contribution in [0, 0.1) is 0 Å². The summed E-state index contributed by atoms with van der Waals surface area (Å²) in [5.41, 5.74) is 1.19. The highest BCUT2D eigenvalue weighted by Crippen LogP contribution is 2.20. The zero-order valence-corrected chi connectivity index (χ0v) is 24.0. The van der Waals surface area contributed by atoms with Gasteiger partial charge in [0.1, 0.15) is 11.3 Å². The molecule has 0 spiro atoms. The number of para-hydroxylation sites is 1. The molecule has 212 valence electrons. The molecule has 1 unspecified atom stereocenters. The minimum Gasteiger partial charge on any atom is -0.443 e. The van der Waals surface area contributed by atoms with Crippen molar-refractivity contribution in [1.82, 2.24) is 24.8 Å². The number of amides is 1. The highest BCUT2D eigenvalue weighted by atomic mass is 35.5. The van der Waals surface area contributed by atoms with E-state index in [2.05, 4.69) is 15.3 Å². The fraction of sp³-hybridized carbons (Fsp3) is 0.241. The van der Waals surface area contributed by atoms with Crippen molar-refractivity contribution in [3.05, 3.63) is 103 Å². The lowest BCUT2D eigenvalue weighted by atomic mass is 10.2. The van der Waals surface area contributed by atoms with Crippen LogP contribution in [0.25, 0.3) is 22.0 Å². The number of aromatic nitrogens is 3. The Morgan fingerprint density at radius 2 is 1.95 bits per heavy atom. The van der Waals surface area contributed by atoms with E-state index in [0.717, 1.165) is 5.56 Å². The summed E-state index contributed by atoms with van der Waals surface area (Å²) in [4.78, 5) is 47.3. The van der Waals surface area contributed by atoms with E-state index >= 15 is 0 Å². The van der Waals surface area contributed by atoms with Gasteiger partial charge in [0.25, 0.3) is 11.5 Å². The largest absolute Gasteiger partial charge is 0.443 e. The zero-order valence-electron chi connectivity index (χ0n) is 22.4. The lowest BCUT2D eigenvalue weighted by Gasteiger charge is -2.19. The first-order valence-electron chi connectivity index (χ1n) is 12.8. The molecule has 10 nitrogen and oxygen atoms in total. The number of nitrogens with zero attached hydrogens (tertiary/aromatic N) is 3. The third-order valence-corrected chi connectivity index (χ3v) is 7.73. The van der Waals surface area contributed by atoms with E-state index in [1.54, 1.807) is 60.1 Å². The fourth-order valence-corrected chi connectivity index (χ4v) is 5.39. The maximum Gasteiger partial charge on any atom is 0.259 e. The molecular formula is C29H28ClN5O5S. The molecule has 0 saturated carbocycles. The van der Waals surface area contributed by atoms with E-state index in [4.69, 9.17) is 16.0 Å². The number of benzene rings is 2. The van der Waals surface area contributed by atoms with Crippen LogP contribution in [0.5, 0.6) is 0 Å². The Hall–Kier alpha value is -3.90. The fourth-order valence-electron chi connectivity index (χ4n) is 4.48. The number of furan rings is 1. The number of aryl methyl sites for hydroxylation is 1. The van der Waals surface area contributed by atoms with Crippen LogP contribution in [0.2, 0.25) is 5.02 Å². The number of rotatable bonds is 10. The van der Waals surface area contributed by atoms with E-state index in [0.29, 0.717) is 56.8 Å². The summed E-state index contributed by atoms with van der Waals surface area (Å²) in [5, 5.41) is 15.2. The van der Waals surface area contributed by atoms with Gasteiger partial charge in [0.2, 0.25) is 11.1 Å². The molecule has 1 amide bonds. The Labute approximate surface area is 244 Å². The minimum atomic E-state index is -0.715. The number of aliphatic hydroxyl groups excluding tert-OH is 1. The molecule has 1 atom stereocenters. The van der Waals surface area contributed by atoms with Crippen LogP contribution >= 0.6 is 23.4 Å². The summed E-state index contributed by atoms with van der Waals surface area (Å²) in [6.45, 7) is 0.905. The van der Waals surface area contributed by atoms with Crippen LogP contribution in [-0.2, 0) is 20.1 Å². The second-order valence-electron chi connectivity index (χ2n) is 9.77. The summed E-state index contributed by atoms with van der Waals surface area (Å²) < 4.78 is 7.54. The molecule has 0 radical (unpaired) electrons. The van der Waals surface area contributed by atoms with Crippen LogP contribution in [0.4, 0.5) is 0 Å². The van der Waals surface area contributed by atoms with Crippen molar-refractivity contribution in [2.24, 2.45) is 7.05 Å². The minimum absolute atomic E-state index is 0.0162. The third-order valence-electron chi connectivity index (χ3n) is 6.46. The first-order chi connectivity index (χ1) is 19.7. The summed E-state index contributed by atoms with van der Waals surface area (Å²) in [7, 11) is 3.53. The van der Waals surface area contributed by atoms with Crippen LogP contribution in [0.1, 0.15) is 21.7 Å².